The topological polar surface area (TPSA) is 112 Å². The molecule has 0 saturated heterocycles. The molecule has 0 fully saturated rings. The Bertz CT molecular complexity index is 1440. The molecule has 7 nitrogen and oxygen atoms in total. The number of aromatic hydroxyl groups is 1. The van der Waals surface area contributed by atoms with Crippen LogP contribution in [0.15, 0.2) is 57.6 Å². The summed E-state index contributed by atoms with van der Waals surface area (Å²) in [5.74, 6) is 0.0711. The Balaban J connectivity index is 1.97. The predicted molar refractivity (Wildman–Crippen MR) is 119 cm³/mol. The Morgan fingerprint density at radius 3 is 2.65 bits per heavy atom. The van der Waals surface area contributed by atoms with Crippen molar-refractivity contribution in [2.75, 3.05) is 5.32 Å². The Kier molecular flexibility index (Phi) is 5.07. The van der Waals surface area contributed by atoms with Crippen molar-refractivity contribution in [3.63, 3.8) is 0 Å². The van der Waals surface area contributed by atoms with Gasteiger partial charge in [0.1, 0.15) is 11.3 Å². The minimum atomic E-state index is -3.88. The van der Waals surface area contributed by atoms with Gasteiger partial charge in [-0.2, -0.15) is 5.26 Å². The minimum absolute atomic E-state index is 0.00987. The molecule has 2 N–H and O–H groups in total. The smallest absolute Gasteiger partial charge is 0.264 e. The van der Waals surface area contributed by atoms with Gasteiger partial charge in [0.25, 0.3) is 5.56 Å². The summed E-state index contributed by atoms with van der Waals surface area (Å²) < 4.78 is 27.3. The molecule has 1 aromatic heterocycles. The number of rotatable bonds is 4. The summed E-state index contributed by atoms with van der Waals surface area (Å²) in [6.45, 7) is 4.53. The molecule has 158 valence electrons. The van der Waals surface area contributed by atoms with Crippen LogP contribution in [0.2, 0.25) is 0 Å². The van der Waals surface area contributed by atoms with Crippen LogP contribution in [-0.4, -0.2) is 18.1 Å². The molecule has 0 atom stereocenters. The molecule has 8 heteroatoms. The third kappa shape index (κ3) is 3.57. The van der Waals surface area contributed by atoms with E-state index in [0.29, 0.717) is 23.4 Å². The molecule has 4 rings (SSSR count). The Morgan fingerprint density at radius 1 is 1.19 bits per heavy atom. The lowest BCUT2D eigenvalue weighted by Crippen LogP contribution is -2.27. The number of nitrogens with one attached hydrogen (secondary N) is 1. The fraction of sp³-hybridized carbons (Fsp3) is 0.217. The van der Waals surface area contributed by atoms with Crippen LogP contribution in [0, 0.1) is 17.2 Å². The molecule has 0 saturated carbocycles. The van der Waals surface area contributed by atoms with E-state index in [2.05, 4.69) is 19.2 Å². The van der Waals surface area contributed by atoms with E-state index in [9.17, 15) is 18.3 Å². The van der Waals surface area contributed by atoms with Gasteiger partial charge < -0.3 is 15.0 Å². The van der Waals surface area contributed by atoms with Crippen molar-refractivity contribution in [3.8, 4) is 11.8 Å². The number of aryl methyl sites for hydroxylation is 1. The number of nitrogens with zero attached hydrogens (tertiary/aromatic N) is 2. The third-order valence-corrected chi connectivity index (χ3v) is 6.82. The van der Waals surface area contributed by atoms with Crippen molar-refractivity contribution < 1.29 is 13.5 Å². The predicted octanol–water partition coefficient (Wildman–Crippen LogP) is 3.82. The van der Waals surface area contributed by atoms with E-state index < -0.39 is 15.4 Å². The SMILES string of the molecule is CC(C)CCn1c(=O)c(C2=CS(=O)(=O)c3ccc(C#N)cc3N2)c(O)c2ccccc21. The maximum atomic E-state index is 13.4. The van der Waals surface area contributed by atoms with Gasteiger partial charge in [0.2, 0.25) is 9.84 Å². The van der Waals surface area contributed by atoms with Crippen LogP contribution in [0.1, 0.15) is 31.4 Å². The second kappa shape index (κ2) is 7.60. The number of para-hydroxylation sites is 1. The maximum absolute atomic E-state index is 13.4. The first kappa shape index (κ1) is 20.7. The highest BCUT2D eigenvalue weighted by Crippen LogP contribution is 2.37. The fourth-order valence-electron chi connectivity index (χ4n) is 3.70. The number of anilines is 1. The molecular weight excluding hydrogens is 414 g/mol. The van der Waals surface area contributed by atoms with E-state index in [1.807, 2.05) is 6.07 Å². The zero-order valence-corrected chi connectivity index (χ0v) is 17.9. The summed E-state index contributed by atoms with van der Waals surface area (Å²) in [5, 5.41) is 24.5. The van der Waals surface area contributed by atoms with Crippen molar-refractivity contribution in [1.82, 2.24) is 4.57 Å². The Morgan fingerprint density at radius 2 is 1.94 bits per heavy atom. The van der Waals surface area contributed by atoms with E-state index in [0.717, 1.165) is 11.8 Å². The van der Waals surface area contributed by atoms with Crippen molar-refractivity contribution in [3.05, 3.63) is 69.4 Å². The van der Waals surface area contributed by atoms with Gasteiger partial charge >= 0.3 is 0 Å². The molecule has 0 unspecified atom stereocenters. The molecule has 1 aliphatic rings. The van der Waals surface area contributed by atoms with Gasteiger partial charge in [0.15, 0.2) is 0 Å². The van der Waals surface area contributed by atoms with Crippen molar-refractivity contribution in [2.24, 2.45) is 5.92 Å². The van der Waals surface area contributed by atoms with Gasteiger partial charge in [0, 0.05) is 11.9 Å². The molecule has 1 aliphatic heterocycles. The van der Waals surface area contributed by atoms with Gasteiger partial charge in [0.05, 0.1) is 38.8 Å². The average Bonchev–Trinajstić information content (AvgIpc) is 2.72. The molecule has 0 aliphatic carbocycles. The molecule has 0 spiro atoms. The number of nitriles is 1. The van der Waals surface area contributed by atoms with Crippen LogP contribution < -0.4 is 10.9 Å². The third-order valence-electron chi connectivity index (χ3n) is 5.30. The minimum Gasteiger partial charge on any atom is -0.506 e. The highest BCUT2D eigenvalue weighted by molar-refractivity contribution is 7.94. The lowest BCUT2D eigenvalue weighted by molar-refractivity contribution is 0.473. The largest absolute Gasteiger partial charge is 0.506 e. The van der Waals surface area contributed by atoms with Gasteiger partial charge in [-0.3, -0.25) is 4.79 Å². The molecule has 2 heterocycles. The number of hydrogen-bond acceptors (Lipinski definition) is 6. The van der Waals surface area contributed by atoms with Gasteiger partial charge in [-0.25, -0.2) is 8.42 Å². The van der Waals surface area contributed by atoms with E-state index in [4.69, 9.17) is 5.26 Å². The average molecular weight is 436 g/mol. The summed E-state index contributed by atoms with van der Waals surface area (Å²) in [7, 11) is -3.88. The van der Waals surface area contributed by atoms with E-state index in [-0.39, 0.29) is 33.2 Å². The molecule has 31 heavy (non-hydrogen) atoms. The second-order valence-electron chi connectivity index (χ2n) is 7.90. The van der Waals surface area contributed by atoms with Gasteiger partial charge in [-0.1, -0.05) is 26.0 Å². The zero-order valence-electron chi connectivity index (χ0n) is 17.1. The highest BCUT2D eigenvalue weighted by Gasteiger charge is 2.28. The normalized spacial score (nSPS) is 14.6. The van der Waals surface area contributed by atoms with Crippen LogP contribution >= 0.6 is 0 Å². The standard InChI is InChI=1S/C23H21N3O4S/c1-14(2)9-10-26-19-6-4-3-5-16(19)22(27)21(23(26)28)18-13-31(29,30)20-8-7-15(12-24)11-17(20)25-18/h3-8,11,13-14,25,27H,9-10H2,1-2H3. The zero-order chi connectivity index (χ0) is 22.3. The lowest BCUT2D eigenvalue weighted by atomic mass is 10.1. The fourth-order valence-corrected chi connectivity index (χ4v) is 4.99. The number of fused-ring (bicyclic) bond motifs is 2. The van der Waals surface area contributed by atoms with E-state index in [1.165, 1.54) is 18.2 Å². The number of hydrogen-bond donors (Lipinski definition) is 2. The summed E-state index contributed by atoms with van der Waals surface area (Å²) in [5.41, 5.74) is 0.441. The summed E-state index contributed by atoms with van der Waals surface area (Å²) >= 11 is 0. The Labute approximate surface area is 179 Å². The van der Waals surface area contributed by atoms with Crippen molar-refractivity contribution in [2.45, 2.75) is 31.7 Å². The summed E-state index contributed by atoms with van der Waals surface area (Å²) in [6.07, 6.45) is 0.743. The van der Waals surface area contributed by atoms with Gasteiger partial charge in [-0.05, 0) is 42.7 Å². The lowest BCUT2D eigenvalue weighted by Gasteiger charge is -2.22. The molecule has 0 bridgehead atoms. The first-order valence-corrected chi connectivity index (χ1v) is 11.4. The Hall–Kier alpha value is -3.57. The number of pyridine rings is 1. The molecule has 0 amide bonds. The summed E-state index contributed by atoms with van der Waals surface area (Å²) in [4.78, 5) is 13.4. The van der Waals surface area contributed by atoms with Crippen LogP contribution in [0.25, 0.3) is 16.6 Å². The second-order valence-corrected chi connectivity index (χ2v) is 9.67. The van der Waals surface area contributed by atoms with E-state index in [1.54, 1.807) is 28.8 Å². The molecule has 3 aromatic rings. The number of sulfone groups is 1. The summed E-state index contributed by atoms with van der Waals surface area (Å²) in [6, 6.07) is 13.1. The van der Waals surface area contributed by atoms with Crippen LogP contribution in [0.3, 0.4) is 0 Å². The molecule has 2 aromatic carbocycles. The number of benzene rings is 2. The number of aromatic nitrogens is 1. The maximum Gasteiger partial charge on any atom is 0.264 e. The first-order chi connectivity index (χ1) is 14.7. The van der Waals surface area contributed by atoms with E-state index >= 15 is 0 Å². The monoisotopic (exact) mass is 435 g/mol. The highest BCUT2D eigenvalue weighted by atomic mass is 32.2. The van der Waals surface area contributed by atoms with Crippen LogP contribution in [0.5, 0.6) is 5.75 Å². The van der Waals surface area contributed by atoms with Crippen molar-refractivity contribution in [1.29, 1.82) is 5.26 Å². The quantitative estimate of drug-likeness (QED) is 0.644. The molecular formula is C23H21N3O4S. The first-order valence-electron chi connectivity index (χ1n) is 9.85. The van der Waals surface area contributed by atoms with Crippen LogP contribution in [0.4, 0.5) is 5.69 Å². The van der Waals surface area contributed by atoms with Crippen LogP contribution in [-0.2, 0) is 16.4 Å². The van der Waals surface area contributed by atoms with Gasteiger partial charge in [-0.15, -0.1) is 0 Å². The molecule has 0 radical (unpaired) electrons. The van der Waals surface area contributed by atoms with Crippen molar-refractivity contribution >= 4 is 32.1 Å².